The zero-order chi connectivity index (χ0) is 15.1. The Morgan fingerprint density at radius 1 is 1.23 bits per heavy atom. The van der Waals surface area contributed by atoms with Gasteiger partial charge in [0.1, 0.15) is 6.33 Å². The first kappa shape index (κ1) is 13.5. The number of hydrogen-bond acceptors (Lipinski definition) is 5. The molecule has 7 nitrogen and oxygen atoms in total. The molecule has 1 saturated heterocycles. The zero-order valence-electron chi connectivity index (χ0n) is 12.8. The van der Waals surface area contributed by atoms with Crippen LogP contribution in [0.2, 0.25) is 0 Å². The van der Waals surface area contributed by atoms with Gasteiger partial charge in [0.2, 0.25) is 11.6 Å². The summed E-state index contributed by atoms with van der Waals surface area (Å²) in [7, 11) is 0. The van der Waals surface area contributed by atoms with E-state index in [2.05, 4.69) is 26.3 Å². The molecule has 0 N–H and O–H groups in total. The summed E-state index contributed by atoms with van der Waals surface area (Å²) in [6.07, 6.45) is 5.09. The Kier molecular flexibility index (Phi) is 3.20. The van der Waals surface area contributed by atoms with E-state index in [1.54, 1.807) is 17.8 Å². The Labute approximate surface area is 128 Å². The van der Waals surface area contributed by atoms with Crippen LogP contribution < -0.4 is 4.90 Å². The quantitative estimate of drug-likeness (QED) is 0.829. The number of anilines is 1. The minimum absolute atomic E-state index is 0.155. The van der Waals surface area contributed by atoms with Crippen molar-refractivity contribution in [2.45, 2.75) is 32.1 Å². The first-order valence-electron chi connectivity index (χ1n) is 7.94. The summed E-state index contributed by atoms with van der Waals surface area (Å²) in [6.45, 7) is 4.99. The van der Waals surface area contributed by atoms with E-state index in [4.69, 9.17) is 0 Å². The summed E-state index contributed by atoms with van der Waals surface area (Å²) in [5.41, 5.74) is 3.04. The van der Waals surface area contributed by atoms with Crippen molar-refractivity contribution in [2.75, 3.05) is 31.1 Å². The molecule has 0 atom stereocenters. The van der Waals surface area contributed by atoms with E-state index in [1.807, 2.05) is 4.90 Å². The SMILES string of the molecule is CC(=O)N1CCCN(c2cc(C3CC3)nn3cnnc23)CC1. The summed E-state index contributed by atoms with van der Waals surface area (Å²) in [6, 6.07) is 2.17. The summed E-state index contributed by atoms with van der Waals surface area (Å²) < 4.78 is 1.79. The third-order valence-electron chi connectivity index (χ3n) is 4.54. The van der Waals surface area contributed by atoms with Crippen molar-refractivity contribution in [1.29, 1.82) is 0 Å². The number of aromatic nitrogens is 4. The highest BCUT2D eigenvalue weighted by Crippen LogP contribution is 2.40. The maximum Gasteiger partial charge on any atom is 0.219 e. The molecule has 4 rings (SSSR count). The fourth-order valence-corrected chi connectivity index (χ4v) is 3.11. The molecule has 2 aromatic heterocycles. The smallest absolute Gasteiger partial charge is 0.219 e. The molecule has 0 bridgehead atoms. The highest BCUT2D eigenvalue weighted by molar-refractivity contribution is 5.73. The van der Waals surface area contributed by atoms with Gasteiger partial charge < -0.3 is 9.80 Å². The van der Waals surface area contributed by atoms with E-state index in [0.29, 0.717) is 5.92 Å². The zero-order valence-corrected chi connectivity index (χ0v) is 12.8. The number of nitrogens with zero attached hydrogens (tertiary/aromatic N) is 6. The molecular formula is C15H20N6O. The number of fused-ring (bicyclic) bond motifs is 1. The molecule has 1 aliphatic carbocycles. The molecule has 0 aromatic carbocycles. The number of amides is 1. The molecule has 3 heterocycles. The topological polar surface area (TPSA) is 66.6 Å². The van der Waals surface area contributed by atoms with Gasteiger partial charge in [0.15, 0.2) is 0 Å². The Bertz CT molecular complexity index is 707. The van der Waals surface area contributed by atoms with Gasteiger partial charge in [0, 0.05) is 39.0 Å². The fourth-order valence-electron chi connectivity index (χ4n) is 3.11. The van der Waals surface area contributed by atoms with Crippen LogP contribution >= 0.6 is 0 Å². The molecule has 2 aromatic rings. The second-order valence-corrected chi connectivity index (χ2v) is 6.17. The van der Waals surface area contributed by atoms with Crippen LogP contribution in [0.3, 0.4) is 0 Å². The minimum atomic E-state index is 0.155. The van der Waals surface area contributed by atoms with Crippen molar-refractivity contribution in [1.82, 2.24) is 24.7 Å². The fraction of sp³-hybridized carbons (Fsp3) is 0.600. The van der Waals surface area contributed by atoms with Crippen LogP contribution in [-0.2, 0) is 4.79 Å². The Balaban J connectivity index is 1.67. The third-order valence-corrected chi connectivity index (χ3v) is 4.54. The van der Waals surface area contributed by atoms with Crippen molar-refractivity contribution in [3.05, 3.63) is 18.1 Å². The predicted octanol–water partition coefficient (Wildman–Crippen LogP) is 1.06. The molecule has 7 heteroatoms. The van der Waals surface area contributed by atoms with Gasteiger partial charge in [-0.15, -0.1) is 10.2 Å². The molecule has 0 spiro atoms. The van der Waals surface area contributed by atoms with Crippen molar-refractivity contribution in [2.24, 2.45) is 0 Å². The predicted molar refractivity (Wildman–Crippen MR) is 81.8 cm³/mol. The van der Waals surface area contributed by atoms with Crippen molar-refractivity contribution in [3.63, 3.8) is 0 Å². The van der Waals surface area contributed by atoms with Crippen LogP contribution in [0.5, 0.6) is 0 Å². The third kappa shape index (κ3) is 2.40. The standard InChI is InChI=1S/C15H20N6O/c1-11(22)19-5-2-6-20(8-7-19)14-9-13(12-3-4-12)18-21-10-16-17-15(14)21/h9-10,12H,2-8H2,1H3. The maximum absolute atomic E-state index is 11.6. The van der Waals surface area contributed by atoms with Crippen molar-refractivity contribution < 1.29 is 4.79 Å². The van der Waals surface area contributed by atoms with E-state index in [-0.39, 0.29) is 5.91 Å². The van der Waals surface area contributed by atoms with Crippen LogP contribution in [0.25, 0.3) is 5.65 Å². The first-order valence-corrected chi connectivity index (χ1v) is 7.94. The van der Waals surface area contributed by atoms with E-state index < -0.39 is 0 Å². The molecule has 2 aliphatic rings. The van der Waals surface area contributed by atoms with Crippen LogP contribution in [0.4, 0.5) is 5.69 Å². The summed E-state index contributed by atoms with van der Waals surface area (Å²) in [4.78, 5) is 15.8. The number of carbonyl (C=O) groups excluding carboxylic acids is 1. The van der Waals surface area contributed by atoms with Gasteiger partial charge in [-0.05, 0) is 25.3 Å². The van der Waals surface area contributed by atoms with Crippen LogP contribution in [0, 0.1) is 0 Å². The molecule has 22 heavy (non-hydrogen) atoms. The van der Waals surface area contributed by atoms with Gasteiger partial charge in [0.05, 0.1) is 11.4 Å². The summed E-state index contributed by atoms with van der Waals surface area (Å²) >= 11 is 0. The van der Waals surface area contributed by atoms with E-state index >= 15 is 0 Å². The van der Waals surface area contributed by atoms with Crippen molar-refractivity contribution in [3.8, 4) is 0 Å². The Morgan fingerprint density at radius 2 is 2.09 bits per heavy atom. The van der Waals surface area contributed by atoms with Crippen LogP contribution in [-0.4, -0.2) is 56.8 Å². The van der Waals surface area contributed by atoms with Crippen LogP contribution in [0.15, 0.2) is 12.4 Å². The summed E-state index contributed by atoms with van der Waals surface area (Å²) in [5, 5.41) is 12.9. The molecule has 0 radical (unpaired) electrons. The average Bonchev–Trinajstić information content (AvgIpc) is 3.28. The molecule has 2 fully saturated rings. The second kappa shape index (κ2) is 5.23. The van der Waals surface area contributed by atoms with Gasteiger partial charge in [-0.3, -0.25) is 4.79 Å². The normalized spacial score (nSPS) is 19.5. The lowest BCUT2D eigenvalue weighted by atomic mass is 10.2. The van der Waals surface area contributed by atoms with Gasteiger partial charge in [-0.2, -0.15) is 9.61 Å². The molecule has 1 amide bonds. The number of carbonyl (C=O) groups is 1. The molecule has 1 saturated carbocycles. The maximum atomic E-state index is 11.6. The number of rotatable bonds is 2. The molecule has 1 aliphatic heterocycles. The second-order valence-electron chi connectivity index (χ2n) is 6.17. The first-order chi connectivity index (χ1) is 10.7. The lowest BCUT2D eigenvalue weighted by Gasteiger charge is -2.23. The summed E-state index contributed by atoms with van der Waals surface area (Å²) in [5.74, 6) is 0.745. The van der Waals surface area contributed by atoms with E-state index in [1.165, 1.54) is 12.8 Å². The lowest BCUT2D eigenvalue weighted by molar-refractivity contribution is -0.128. The van der Waals surface area contributed by atoms with Crippen LogP contribution in [0.1, 0.15) is 37.8 Å². The highest BCUT2D eigenvalue weighted by atomic mass is 16.2. The van der Waals surface area contributed by atoms with Gasteiger partial charge >= 0.3 is 0 Å². The van der Waals surface area contributed by atoms with E-state index in [0.717, 1.165) is 49.6 Å². The van der Waals surface area contributed by atoms with Crippen molar-refractivity contribution >= 4 is 17.2 Å². The average molecular weight is 300 g/mol. The Hall–Kier alpha value is -2.18. The lowest BCUT2D eigenvalue weighted by Crippen LogP contribution is -2.33. The highest BCUT2D eigenvalue weighted by Gasteiger charge is 2.28. The Morgan fingerprint density at radius 3 is 2.86 bits per heavy atom. The largest absolute Gasteiger partial charge is 0.367 e. The van der Waals surface area contributed by atoms with E-state index in [9.17, 15) is 4.79 Å². The molecular weight excluding hydrogens is 280 g/mol. The van der Waals surface area contributed by atoms with Gasteiger partial charge in [-0.1, -0.05) is 0 Å². The number of hydrogen-bond donors (Lipinski definition) is 0. The minimum Gasteiger partial charge on any atom is -0.367 e. The molecule has 116 valence electrons. The van der Waals surface area contributed by atoms with Gasteiger partial charge in [0.25, 0.3) is 0 Å². The van der Waals surface area contributed by atoms with Gasteiger partial charge in [-0.25, -0.2) is 0 Å². The monoisotopic (exact) mass is 300 g/mol. The molecule has 0 unspecified atom stereocenters.